The minimum Gasteiger partial charge on any atom is -0.493 e. The van der Waals surface area contributed by atoms with Gasteiger partial charge in [-0.05, 0) is 30.7 Å². The molecule has 0 radical (unpaired) electrons. The summed E-state index contributed by atoms with van der Waals surface area (Å²) in [5, 5.41) is 0. The average Bonchev–Trinajstić information content (AvgIpc) is 2.61. The van der Waals surface area contributed by atoms with Crippen molar-refractivity contribution in [2.75, 3.05) is 26.1 Å². The van der Waals surface area contributed by atoms with Crippen LogP contribution in [0.4, 0.5) is 4.39 Å². The highest BCUT2D eigenvalue weighted by atomic mass is 32.2. The molecule has 1 aliphatic heterocycles. The van der Waals surface area contributed by atoms with Crippen molar-refractivity contribution in [2.45, 2.75) is 12.5 Å². The number of nitrogens with one attached hydrogen (secondary N) is 1. The van der Waals surface area contributed by atoms with E-state index in [0.717, 1.165) is 24.2 Å². The quantitative estimate of drug-likeness (QED) is 0.818. The maximum absolute atomic E-state index is 12.9. The van der Waals surface area contributed by atoms with Crippen molar-refractivity contribution in [1.29, 1.82) is 0 Å². The summed E-state index contributed by atoms with van der Waals surface area (Å²) in [6.07, 6.45) is 3.99. The SMILES string of the molecule is CS(=O)(=O)N[C@H]1CCOC[C@@H]1COc1ccc(-c2ncc(F)cn2)cc1. The molecule has 0 saturated carbocycles. The van der Waals surface area contributed by atoms with Crippen LogP contribution in [0.5, 0.6) is 5.75 Å². The molecule has 0 aliphatic carbocycles. The third-order valence-electron chi connectivity index (χ3n) is 4.04. The summed E-state index contributed by atoms with van der Waals surface area (Å²) in [5.41, 5.74) is 0.745. The van der Waals surface area contributed by atoms with Gasteiger partial charge >= 0.3 is 0 Å². The number of halogens is 1. The van der Waals surface area contributed by atoms with Crippen LogP contribution in [-0.2, 0) is 14.8 Å². The highest BCUT2D eigenvalue weighted by Crippen LogP contribution is 2.21. The fraction of sp³-hybridized carbons (Fsp3) is 0.412. The van der Waals surface area contributed by atoms with Gasteiger partial charge in [-0.3, -0.25) is 0 Å². The van der Waals surface area contributed by atoms with Gasteiger partial charge in [0, 0.05) is 24.1 Å². The third kappa shape index (κ3) is 5.20. The predicted octanol–water partition coefficient (Wildman–Crippen LogP) is 1.62. The van der Waals surface area contributed by atoms with Gasteiger partial charge in [-0.25, -0.2) is 27.5 Å². The molecule has 2 aromatic rings. The molecular formula is C17H20FN3O4S. The van der Waals surface area contributed by atoms with Crippen molar-refractivity contribution in [3.05, 3.63) is 42.5 Å². The predicted molar refractivity (Wildman–Crippen MR) is 93.6 cm³/mol. The number of nitrogens with zero attached hydrogens (tertiary/aromatic N) is 2. The van der Waals surface area contributed by atoms with Crippen LogP contribution in [0.25, 0.3) is 11.4 Å². The van der Waals surface area contributed by atoms with Gasteiger partial charge in [0.05, 0.1) is 31.9 Å². The van der Waals surface area contributed by atoms with E-state index in [0.29, 0.717) is 37.8 Å². The number of benzene rings is 1. The maximum atomic E-state index is 12.9. The summed E-state index contributed by atoms with van der Waals surface area (Å²) in [5.74, 6) is 0.509. The monoisotopic (exact) mass is 381 g/mol. The van der Waals surface area contributed by atoms with Crippen LogP contribution in [0.1, 0.15) is 6.42 Å². The van der Waals surface area contributed by atoms with Crippen LogP contribution >= 0.6 is 0 Å². The van der Waals surface area contributed by atoms with Crippen LogP contribution < -0.4 is 9.46 Å². The zero-order valence-corrected chi connectivity index (χ0v) is 15.1. The molecule has 1 saturated heterocycles. The molecular weight excluding hydrogens is 361 g/mol. The number of rotatable bonds is 6. The van der Waals surface area contributed by atoms with Crippen LogP contribution in [0.15, 0.2) is 36.7 Å². The molecule has 140 valence electrons. The fourth-order valence-electron chi connectivity index (χ4n) is 2.76. The van der Waals surface area contributed by atoms with Crippen molar-refractivity contribution in [1.82, 2.24) is 14.7 Å². The smallest absolute Gasteiger partial charge is 0.208 e. The lowest BCUT2D eigenvalue weighted by Crippen LogP contribution is -2.47. The Hall–Kier alpha value is -2.10. The maximum Gasteiger partial charge on any atom is 0.208 e. The molecule has 1 aromatic carbocycles. The second kappa shape index (κ2) is 8.07. The molecule has 0 unspecified atom stereocenters. The molecule has 26 heavy (non-hydrogen) atoms. The molecule has 2 heterocycles. The Morgan fingerprint density at radius 2 is 1.96 bits per heavy atom. The van der Waals surface area contributed by atoms with Gasteiger partial charge in [-0.2, -0.15) is 0 Å². The summed E-state index contributed by atoms with van der Waals surface area (Å²) in [6, 6.07) is 6.90. The van der Waals surface area contributed by atoms with Crippen LogP contribution in [-0.4, -0.2) is 50.5 Å². The van der Waals surface area contributed by atoms with E-state index in [9.17, 15) is 12.8 Å². The van der Waals surface area contributed by atoms with Crippen molar-refractivity contribution in [2.24, 2.45) is 5.92 Å². The minimum absolute atomic E-state index is 0.0708. The van der Waals surface area contributed by atoms with Gasteiger partial charge < -0.3 is 9.47 Å². The summed E-state index contributed by atoms with van der Waals surface area (Å²) >= 11 is 0. The number of hydrogen-bond donors (Lipinski definition) is 1. The first kappa shape index (κ1) is 18.7. The Balaban J connectivity index is 1.61. The summed E-state index contributed by atoms with van der Waals surface area (Å²) < 4.78 is 49.7. The van der Waals surface area contributed by atoms with Gasteiger partial charge in [0.1, 0.15) is 5.75 Å². The first-order chi connectivity index (χ1) is 12.4. The van der Waals surface area contributed by atoms with E-state index in [1.807, 2.05) is 0 Å². The topological polar surface area (TPSA) is 90.4 Å². The van der Waals surface area contributed by atoms with E-state index in [1.54, 1.807) is 24.3 Å². The lowest BCUT2D eigenvalue weighted by molar-refractivity contribution is 0.0187. The third-order valence-corrected chi connectivity index (χ3v) is 4.77. The van der Waals surface area contributed by atoms with Gasteiger partial charge in [0.25, 0.3) is 0 Å². The van der Waals surface area contributed by atoms with Gasteiger partial charge in [-0.15, -0.1) is 0 Å². The van der Waals surface area contributed by atoms with Crippen LogP contribution in [0, 0.1) is 11.7 Å². The Morgan fingerprint density at radius 3 is 2.62 bits per heavy atom. The van der Waals surface area contributed by atoms with Crippen LogP contribution in [0.2, 0.25) is 0 Å². The molecule has 2 atom stereocenters. The zero-order valence-electron chi connectivity index (χ0n) is 14.3. The van der Waals surface area contributed by atoms with Gasteiger partial charge in [-0.1, -0.05) is 0 Å². The second-order valence-corrected chi connectivity index (χ2v) is 7.96. The zero-order chi connectivity index (χ0) is 18.6. The standard InChI is InChI=1S/C17H20FN3O4S/c1-26(22,23)21-16-6-7-24-10-13(16)11-25-15-4-2-12(3-5-15)17-19-8-14(18)9-20-17/h2-5,8-9,13,16,21H,6-7,10-11H2,1H3/t13-,16+/m1/s1. The van der Waals surface area contributed by atoms with Gasteiger partial charge in [0.2, 0.25) is 10.0 Å². The fourth-order valence-corrected chi connectivity index (χ4v) is 3.62. The molecule has 0 amide bonds. The normalized spacial score (nSPS) is 20.7. The first-order valence-electron chi connectivity index (χ1n) is 8.16. The molecule has 1 N–H and O–H groups in total. The number of aromatic nitrogens is 2. The van der Waals surface area contributed by atoms with Crippen molar-refractivity contribution < 1.29 is 22.3 Å². The number of sulfonamides is 1. The summed E-state index contributed by atoms with van der Waals surface area (Å²) in [7, 11) is -3.28. The molecule has 0 bridgehead atoms. The second-order valence-electron chi connectivity index (χ2n) is 6.18. The average molecular weight is 381 g/mol. The van der Waals surface area contributed by atoms with E-state index >= 15 is 0 Å². The number of ether oxygens (including phenoxy) is 2. The highest BCUT2D eigenvalue weighted by molar-refractivity contribution is 7.88. The highest BCUT2D eigenvalue weighted by Gasteiger charge is 2.28. The Kier molecular flexibility index (Phi) is 5.80. The van der Waals surface area contributed by atoms with E-state index in [2.05, 4.69) is 14.7 Å². The Bertz CT molecular complexity index is 828. The molecule has 9 heteroatoms. The Labute approximate surface area is 151 Å². The lowest BCUT2D eigenvalue weighted by Gasteiger charge is -2.31. The lowest BCUT2D eigenvalue weighted by atomic mass is 9.98. The molecule has 1 aliphatic rings. The van der Waals surface area contributed by atoms with E-state index in [1.165, 1.54) is 0 Å². The van der Waals surface area contributed by atoms with E-state index in [4.69, 9.17) is 9.47 Å². The van der Waals surface area contributed by atoms with Crippen molar-refractivity contribution >= 4 is 10.0 Å². The molecule has 1 aromatic heterocycles. The number of hydrogen-bond acceptors (Lipinski definition) is 6. The Morgan fingerprint density at radius 1 is 1.27 bits per heavy atom. The van der Waals surface area contributed by atoms with E-state index < -0.39 is 15.8 Å². The molecule has 1 fully saturated rings. The first-order valence-corrected chi connectivity index (χ1v) is 10.1. The molecule has 7 nitrogen and oxygen atoms in total. The molecule has 3 rings (SSSR count). The summed E-state index contributed by atoms with van der Waals surface area (Å²) in [6.45, 7) is 1.30. The van der Waals surface area contributed by atoms with Crippen LogP contribution in [0.3, 0.4) is 0 Å². The summed E-state index contributed by atoms with van der Waals surface area (Å²) in [4.78, 5) is 7.87. The largest absolute Gasteiger partial charge is 0.493 e. The van der Waals surface area contributed by atoms with E-state index in [-0.39, 0.29) is 12.0 Å². The van der Waals surface area contributed by atoms with Gasteiger partial charge in [0.15, 0.2) is 11.6 Å². The minimum atomic E-state index is -3.28. The van der Waals surface area contributed by atoms with Crippen molar-refractivity contribution in [3.63, 3.8) is 0 Å². The van der Waals surface area contributed by atoms with Crippen molar-refractivity contribution in [3.8, 4) is 17.1 Å². The molecule has 0 spiro atoms.